The standard InChI is InChI=1S/C17H18O4/c1-4-11-8-13(16(20)10(3)15(11)19)17(21)12-5-6-14(18)9(2)7-12/h5-8,18-20H,4H2,1-3H3. The Morgan fingerprint density at radius 1 is 1.05 bits per heavy atom. The van der Waals surface area contributed by atoms with Crippen LogP contribution < -0.4 is 0 Å². The highest BCUT2D eigenvalue weighted by Gasteiger charge is 2.20. The Labute approximate surface area is 123 Å². The van der Waals surface area contributed by atoms with E-state index >= 15 is 0 Å². The number of carbonyl (C=O) groups is 1. The lowest BCUT2D eigenvalue weighted by Gasteiger charge is -2.12. The molecule has 3 N–H and O–H groups in total. The monoisotopic (exact) mass is 286 g/mol. The topological polar surface area (TPSA) is 77.8 Å². The minimum atomic E-state index is -0.339. The van der Waals surface area contributed by atoms with Gasteiger partial charge in [0.05, 0.1) is 5.56 Å². The number of ketones is 1. The maximum atomic E-state index is 12.5. The van der Waals surface area contributed by atoms with E-state index in [1.807, 2.05) is 6.92 Å². The van der Waals surface area contributed by atoms with E-state index in [0.29, 0.717) is 28.7 Å². The average Bonchev–Trinajstić information content (AvgIpc) is 2.47. The second-order valence-corrected chi connectivity index (χ2v) is 5.09. The predicted octanol–water partition coefficient (Wildman–Crippen LogP) is 3.21. The van der Waals surface area contributed by atoms with Crippen LogP contribution in [0.4, 0.5) is 0 Å². The molecule has 0 radical (unpaired) electrons. The molecular formula is C17H18O4. The number of aromatic hydroxyl groups is 3. The van der Waals surface area contributed by atoms with E-state index in [1.165, 1.54) is 18.2 Å². The van der Waals surface area contributed by atoms with Crippen LogP contribution in [0.1, 0.15) is 39.5 Å². The minimum Gasteiger partial charge on any atom is -0.508 e. The van der Waals surface area contributed by atoms with Gasteiger partial charge in [-0.15, -0.1) is 0 Å². The molecule has 0 saturated heterocycles. The third kappa shape index (κ3) is 2.57. The van der Waals surface area contributed by atoms with Crippen molar-refractivity contribution in [1.82, 2.24) is 0 Å². The Kier molecular flexibility index (Phi) is 3.89. The molecule has 21 heavy (non-hydrogen) atoms. The molecule has 0 heterocycles. The van der Waals surface area contributed by atoms with E-state index in [4.69, 9.17) is 0 Å². The van der Waals surface area contributed by atoms with Gasteiger partial charge in [-0.3, -0.25) is 4.79 Å². The van der Waals surface area contributed by atoms with Crippen LogP contribution in [0.25, 0.3) is 0 Å². The number of aryl methyl sites for hydroxylation is 2. The number of phenolic OH excluding ortho intramolecular Hbond substituents is 3. The maximum Gasteiger partial charge on any atom is 0.196 e. The molecule has 0 saturated carbocycles. The normalized spacial score (nSPS) is 10.6. The largest absolute Gasteiger partial charge is 0.508 e. The summed E-state index contributed by atoms with van der Waals surface area (Å²) in [6.07, 6.45) is 0.557. The molecule has 0 aliphatic heterocycles. The number of phenols is 3. The number of carbonyl (C=O) groups excluding carboxylic acids is 1. The van der Waals surface area contributed by atoms with Crippen molar-refractivity contribution >= 4 is 5.78 Å². The van der Waals surface area contributed by atoms with Crippen molar-refractivity contribution in [3.8, 4) is 17.2 Å². The Bertz CT molecular complexity index is 717. The molecule has 2 aromatic carbocycles. The van der Waals surface area contributed by atoms with Gasteiger partial charge in [0.25, 0.3) is 0 Å². The summed E-state index contributed by atoms with van der Waals surface area (Å²) >= 11 is 0. The zero-order valence-electron chi connectivity index (χ0n) is 12.3. The molecule has 4 heteroatoms. The molecule has 0 spiro atoms. The highest BCUT2D eigenvalue weighted by molar-refractivity contribution is 6.11. The quantitative estimate of drug-likeness (QED) is 0.757. The third-order valence-electron chi connectivity index (χ3n) is 3.67. The van der Waals surface area contributed by atoms with Crippen molar-refractivity contribution in [2.75, 3.05) is 0 Å². The molecule has 0 aliphatic rings. The van der Waals surface area contributed by atoms with Gasteiger partial charge in [-0.25, -0.2) is 0 Å². The fraction of sp³-hybridized carbons (Fsp3) is 0.235. The van der Waals surface area contributed by atoms with Crippen molar-refractivity contribution in [1.29, 1.82) is 0 Å². The third-order valence-corrected chi connectivity index (χ3v) is 3.67. The first-order chi connectivity index (χ1) is 9.86. The summed E-state index contributed by atoms with van der Waals surface area (Å²) in [6, 6.07) is 6.05. The van der Waals surface area contributed by atoms with Crippen molar-refractivity contribution in [2.45, 2.75) is 27.2 Å². The molecule has 110 valence electrons. The fourth-order valence-corrected chi connectivity index (χ4v) is 2.26. The summed E-state index contributed by atoms with van der Waals surface area (Å²) in [7, 11) is 0. The van der Waals surface area contributed by atoms with Crippen molar-refractivity contribution in [2.24, 2.45) is 0 Å². The Balaban J connectivity index is 2.58. The molecule has 0 aromatic heterocycles. The van der Waals surface area contributed by atoms with Crippen LogP contribution in [0.5, 0.6) is 17.2 Å². The minimum absolute atomic E-state index is 0.0217. The molecule has 0 fully saturated rings. The summed E-state index contributed by atoms with van der Waals surface area (Å²) in [5, 5.41) is 29.6. The molecule has 0 aliphatic carbocycles. The summed E-state index contributed by atoms with van der Waals surface area (Å²) in [5.41, 5.74) is 2.05. The van der Waals surface area contributed by atoms with E-state index in [2.05, 4.69) is 0 Å². The number of rotatable bonds is 3. The van der Waals surface area contributed by atoms with Crippen LogP contribution in [0.3, 0.4) is 0 Å². The zero-order chi connectivity index (χ0) is 15.7. The van der Waals surface area contributed by atoms with Gasteiger partial charge in [0, 0.05) is 11.1 Å². The van der Waals surface area contributed by atoms with E-state index < -0.39 is 0 Å². The van der Waals surface area contributed by atoms with Gasteiger partial charge in [-0.1, -0.05) is 6.92 Å². The van der Waals surface area contributed by atoms with Crippen LogP contribution >= 0.6 is 0 Å². The summed E-state index contributed by atoms with van der Waals surface area (Å²) in [4.78, 5) is 12.5. The van der Waals surface area contributed by atoms with Crippen LogP contribution in [0.2, 0.25) is 0 Å². The van der Waals surface area contributed by atoms with Crippen LogP contribution in [-0.2, 0) is 6.42 Å². The smallest absolute Gasteiger partial charge is 0.196 e. The highest BCUT2D eigenvalue weighted by atomic mass is 16.3. The van der Waals surface area contributed by atoms with Crippen molar-refractivity contribution in [3.05, 3.63) is 52.1 Å². The number of benzene rings is 2. The molecule has 2 rings (SSSR count). The summed E-state index contributed by atoms with van der Waals surface area (Å²) < 4.78 is 0. The Hall–Kier alpha value is -2.49. The molecule has 0 bridgehead atoms. The predicted molar refractivity (Wildman–Crippen MR) is 80.2 cm³/mol. The summed E-state index contributed by atoms with van der Waals surface area (Å²) in [5.74, 6) is -0.408. The van der Waals surface area contributed by atoms with Gasteiger partial charge in [-0.2, -0.15) is 0 Å². The van der Waals surface area contributed by atoms with Gasteiger partial charge < -0.3 is 15.3 Å². The molecule has 2 aromatic rings. The maximum absolute atomic E-state index is 12.5. The Morgan fingerprint density at radius 3 is 2.29 bits per heavy atom. The van der Waals surface area contributed by atoms with Gasteiger partial charge >= 0.3 is 0 Å². The molecule has 0 amide bonds. The molecule has 0 unspecified atom stereocenters. The molecule has 4 nitrogen and oxygen atoms in total. The number of hydrogen-bond donors (Lipinski definition) is 3. The van der Waals surface area contributed by atoms with Gasteiger partial charge in [0.2, 0.25) is 0 Å². The van der Waals surface area contributed by atoms with E-state index in [1.54, 1.807) is 19.9 Å². The van der Waals surface area contributed by atoms with E-state index in [-0.39, 0.29) is 28.6 Å². The lowest BCUT2D eigenvalue weighted by atomic mass is 9.95. The first-order valence-corrected chi connectivity index (χ1v) is 6.75. The first kappa shape index (κ1) is 14.9. The first-order valence-electron chi connectivity index (χ1n) is 6.75. The van der Waals surface area contributed by atoms with Crippen LogP contribution in [-0.4, -0.2) is 21.1 Å². The highest BCUT2D eigenvalue weighted by Crippen LogP contribution is 2.35. The summed E-state index contributed by atoms with van der Waals surface area (Å²) in [6.45, 7) is 5.14. The zero-order valence-corrected chi connectivity index (χ0v) is 12.3. The molecular weight excluding hydrogens is 268 g/mol. The SMILES string of the molecule is CCc1cc(C(=O)c2ccc(O)c(C)c2)c(O)c(C)c1O. The van der Waals surface area contributed by atoms with Gasteiger partial charge in [0.15, 0.2) is 5.78 Å². The second kappa shape index (κ2) is 5.48. The average molecular weight is 286 g/mol. The van der Waals surface area contributed by atoms with Crippen molar-refractivity contribution < 1.29 is 20.1 Å². The van der Waals surface area contributed by atoms with Gasteiger partial charge in [0.1, 0.15) is 17.2 Å². The van der Waals surface area contributed by atoms with Gasteiger partial charge in [-0.05, 0) is 55.7 Å². The van der Waals surface area contributed by atoms with E-state index in [9.17, 15) is 20.1 Å². The Morgan fingerprint density at radius 2 is 1.71 bits per heavy atom. The van der Waals surface area contributed by atoms with Crippen molar-refractivity contribution in [3.63, 3.8) is 0 Å². The second-order valence-electron chi connectivity index (χ2n) is 5.09. The van der Waals surface area contributed by atoms with E-state index in [0.717, 1.165) is 0 Å². The lowest BCUT2D eigenvalue weighted by Crippen LogP contribution is -2.04. The fourth-order valence-electron chi connectivity index (χ4n) is 2.26. The molecule has 0 atom stereocenters. The number of hydrogen-bond acceptors (Lipinski definition) is 4. The lowest BCUT2D eigenvalue weighted by molar-refractivity contribution is 0.103. The van der Waals surface area contributed by atoms with Crippen LogP contribution in [0, 0.1) is 13.8 Å². The van der Waals surface area contributed by atoms with Crippen LogP contribution in [0.15, 0.2) is 24.3 Å².